The van der Waals surface area contributed by atoms with Gasteiger partial charge in [-0.05, 0) is 12.1 Å². The minimum Gasteiger partial charge on any atom is -0.449 e. The Hall–Kier alpha value is -1.44. The fraction of sp³-hybridized carbons (Fsp3) is 0. The first-order valence-electron chi connectivity index (χ1n) is 2.96. The van der Waals surface area contributed by atoms with Crippen molar-refractivity contribution in [3.05, 3.63) is 36.6 Å². The number of nitrogens with two attached hydrogens (primary N) is 1. The number of hydrogen-bond acceptors (Lipinski definition) is 2. The van der Waals surface area contributed by atoms with Gasteiger partial charge in [-0.2, -0.15) is 0 Å². The zero-order valence-corrected chi connectivity index (χ0v) is 5.58. The smallest absolute Gasteiger partial charge is 0.197 e. The second kappa shape index (κ2) is 2.92. The van der Waals surface area contributed by atoms with Crippen LogP contribution in [-0.4, -0.2) is 0 Å². The van der Waals surface area contributed by atoms with Crippen molar-refractivity contribution in [1.82, 2.24) is 0 Å². The third kappa shape index (κ3) is 1.29. The van der Waals surface area contributed by atoms with Crippen molar-refractivity contribution in [3.63, 3.8) is 0 Å². The zero-order valence-electron chi connectivity index (χ0n) is 5.58. The van der Waals surface area contributed by atoms with Crippen LogP contribution in [0.25, 0.3) is 6.08 Å². The number of nitrogen functional groups attached to an aromatic ring is 1. The summed E-state index contributed by atoms with van der Waals surface area (Å²) in [5.74, 6) is 0.443. The maximum absolute atomic E-state index is 5.43. The molecule has 0 fully saturated rings. The normalized spacial score (nSPS) is 10.4. The topological polar surface area (TPSA) is 39.2 Å². The second-order valence-electron chi connectivity index (χ2n) is 1.84. The number of furan rings is 1. The highest BCUT2D eigenvalue weighted by molar-refractivity contribution is 5.60. The molecule has 1 aromatic heterocycles. The molecule has 2 heteroatoms. The van der Waals surface area contributed by atoms with E-state index in [-0.39, 0.29) is 0 Å². The summed E-state index contributed by atoms with van der Waals surface area (Å²) in [5.41, 5.74) is 6.32. The van der Waals surface area contributed by atoms with Crippen molar-refractivity contribution < 1.29 is 4.42 Å². The molecule has 1 heterocycles. The SMILES string of the molecule is C=C/C=C\c1ccoc1N. The van der Waals surface area contributed by atoms with Gasteiger partial charge >= 0.3 is 0 Å². The molecule has 0 unspecified atom stereocenters. The van der Waals surface area contributed by atoms with Gasteiger partial charge in [-0.15, -0.1) is 0 Å². The predicted octanol–water partition coefficient (Wildman–Crippen LogP) is 2.06. The van der Waals surface area contributed by atoms with Gasteiger partial charge in [0.1, 0.15) is 0 Å². The van der Waals surface area contributed by atoms with E-state index in [1.807, 2.05) is 6.08 Å². The van der Waals surface area contributed by atoms with E-state index in [0.717, 1.165) is 5.56 Å². The summed E-state index contributed by atoms with van der Waals surface area (Å²) in [6.07, 6.45) is 6.89. The summed E-state index contributed by atoms with van der Waals surface area (Å²) in [4.78, 5) is 0. The lowest BCUT2D eigenvalue weighted by Crippen LogP contribution is -1.81. The van der Waals surface area contributed by atoms with Crippen molar-refractivity contribution >= 4 is 12.0 Å². The molecule has 0 saturated carbocycles. The van der Waals surface area contributed by atoms with Crippen LogP contribution in [0.15, 0.2) is 35.5 Å². The highest BCUT2D eigenvalue weighted by atomic mass is 16.3. The van der Waals surface area contributed by atoms with Crippen molar-refractivity contribution in [2.45, 2.75) is 0 Å². The van der Waals surface area contributed by atoms with Gasteiger partial charge in [-0.3, -0.25) is 0 Å². The van der Waals surface area contributed by atoms with E-state index in [1.54, 1.807) is 24.5 Å². The monoisotopic (exact) mass is 135 g/mol. The van der Waals surface area contributed by atoms with Gasteiger partial charge in [0.05, 0.1) is 6.26 Å². The van der Waals surface area contributed by atoms with Gasteiger partial charge in [0.25, 0.3) is 0 Å². The number of anilines is 1. The van der Waals surface area contributed by atoms with Crippen LogP contribution in [0, 0.1) is 0 Å². The fourth-order valence-corrected chi connectivity index (χ4v) is 0.640. The second-order valence-corrected chi connectivity index (χ2v) is 1.84. The highest BCUT2D eigenvalue weighted by Crippen LogP contribution is 2.13. The van der Waals surface area contributed by atoms with E-state index in [2.05, 4.69) is 6.58 Å². The first-order valence-corrected chi connectivity index (χ1v) is 2.96. The molecule has 0 bridgehead atoms. The van der Waals surface area contributed by atoms with E-state index in [0.29, 0.717) is 5.88 Å². The quantitative estimate of drug-likeness (QED) is 0.630. The largest absolute Gasteiger partial charge is 0.449 e. The standard InChI is InChI=1S/C8H9NO/c1-2-3-4-7-5-6-10-8(7)9/h2-6H,1,9H2/b4-3-. The average Bonchev–Trinajstić information content (AvgIpc) is 2.31. The molecular formula is C8H9NO. The summed E-state index contributed by atoms with van der Waals surface area (Å²) in [7, 11) is 0. The minimum atomic E-state index is 0.443. The molecular weight excluding hydrogens is 126 g/mol. The highest BCUT2D eigenvalue weighted by Gasteiger charge is 1.94. The Morgan fingerprint density at radius 3 is 2.90 bits per heavy atom. The Balaban J connectivity index is 2.83. The molecule has 0 aliphatic heterocycles. The molecule has 0 radical (unpaired) electrons. The third-order valence-electron chi connectivity index (χ3n) is 1.14. The third-order valence-corrected chi connectivity index (χ3v) is 1.14. The first-order chi connectivity index (χ1) is 4.84. The van der Waals surface area contributed by atoms with E-state index >= 15 is 0 Å². The minimum absolute atomic E-state index is 0.443. The lowest BCUT2D eigenvalue weighted by Gasteiger charge is -1.84. The number of allylic oxidation sites excluding steroid dienone is 2. The molecule has 0 amide bonds. The van der Waals surface area contributed by atoms with Crippen molar-refractivity contribution in [2.75, 3.05) is 5.73 Å². The van der Waals surface area contributed by atoms with Crippen LogP contribution < -0.4 is 5.73 Å². The van der Waals surface area contributed by atoms with Crippen LogP contribution in [0.4, 0.5) is 5.88 Å². The van der Waals surface area contributed by atoms with E-state index in [4.69, 9.17) is 10.2 Å². The zero-order chi connectivity index (χ0) is 7.40. The van der Waals surface area contributed by atoms with Crippen molar-refractivity contribution in [3.8, 4) is 0 Å². The predicted molar refractivity (Wildman–Crippen MR) is 42.4 cm³/mol. The molecule has 2 N–H and O–H groups in total. The molecule has 10 heavy (non-hydrogen) atoms. The van der Waals surface area contributed by atoms with Crippen LogP contribution >= 0.6 is 0 Å². The molecule has 0 aromatic carbocycles. The van der Waals surface area contributed by atoms with Gasteiger partial charge in [0, 0.05) is 5.56 Å². The lowest BCUT2D eigenvalue weighted by molar-refractivity contribution is 0.587. The molecule has 1 aromatic rings. The fourth-order valence-electron chi connectivity index (χ4n) is 0.640. The Morgan fingerprint density at radius 2 is 2.40 bits per heavy atom. The van der Waals surface area contributed by atoms with Crippen LogP contribution in [0.3, 0.4) is 0 Å². The van der Waals surface area contributed by atoms with Gasteiger partial charge in [-0.25, -0.2) is 0 Å². The molecule has 0 atom stereocenters. The molecule has 52 valence electrons. The summed E-state index contributed by atoms with van der Waals surface area (Å²) >= 11 is 0. The molecule has 1 rings (SSSR count). The molecule has 0 spiro atoms. The maximum atomic E-state index is 5.43. The lowest BCUT2D eigenvalue weighted by atomic mass is 10.3. The Bertz CT molecular complexity index is 248. The van der Waals surface area contributed by atoms with Gasteiger partial charge in [-0.1, -0.05) is 18.7 Å². The summed E-state index contributed by atoms with van der Waals surface area (Å²) in [6.45, 7) is 3.53. The van der Waals surface area contributed by atoms with Crippen LogP contribution in [0.5, 0.6) is 0 Å². The number of hydrogen-bond donors (Lipinski definition) is 1. The maximum Gasteiger partial charge on any atom is 0.197 e. The van der Waals surface area contributed by atoms with Crippen LogP contribution in [0.1, 0.15) is 5.56 Å². The van der Waals surface area contributed by atoms with Crippen molar-refractivity contribution in [2.24, 2.45) is 0 Å². The van der Waals surface area contributed by atoms with Gasteiger partial charge in [0.15, 0.2) is 5.88 Å². The molecule has 2 nitrogen and oxygen atoms in total. The van der Waals surface area contributed by atoms with E-state index in [1.165, 1.54) is 0 Å². The Labute approximate surface area is 59.6 Å². The van der Waals surface area contributed by atoms with Crippen LogP contribution in [0.2, 0.25) is 0 Å². The summed E-state index contributed by atoms with van der Waals surface area (Å²) in [5, 5.41) is 0. The first kappa shape index (κ1) is 6.68. The summed E-state index contributed by atoms with van der Waals surface area (Å²) in [6, 6.07) is 1.80. The molecule has 0 aliphatic rings. The Morgan fingerprint density at radius 1 is 1.60 bits per heavy atom. The van der Waals surface area contributed by atoms with E-state index < -0.39 is 0 Å². The van der Waals surface area contributed by atoms with Crippen LogP contribution in [-0.2, 0) is 0 Å². The van der Waals surface area contributed by atoms with E-state index in [9.17, 15) is 0 Å². The molecule has 0 saturated heterocycles. The average molecular weight is 135 g/mol. The Kier molecular flexibility index (Phi) is 1.95. The number of rotatable bonds is 2. The van der Waals surface area contributed by atoms with Crippen molar-refractivity contribution in [1.29, 1.82) is 0 Å². The summed E-state index contributed by atoms with van der Waals surface area (Å²) < 4.78 is 4.85. The van der Waals surface area contributed by atoms with Gasteiger partial charge in [0.2, 0.25) is 0 Å². The molecule has 0 aliphatic carbocycles. The van der Waals surface area contributed by atoms with Gasteiger partial charge < -0.3 is 10.2 Å².